The standard InChI is InChI=1S/C26H34F3N3O4S2/c1-24(2)18-30(14-15-36-24)16-21-17-31(38(34,35)23-7-5-4-6-22(23)37)12-13-32(21)20-10-8-19(9-11-20)25(3,33)26(27,28)29/h4-11,21,33,37H,12-18H2,1-3H3/t21-,25+/m1/s1. The predicted octanol–water partition coefficient (Wildman–Crippen LogP) is 3.74. The maximum Gasteiger partial charge on any atom is 0.421 e. The summed E-state index contributed by atoms with van der Waals surface area (Å²) >= 11 is 4.35. The number of thiol groups is 1. The second kappa shape index (κ2) is 10.6. The van der Waals surface area contributed by atoms with Gasteiger partial charge in [-0.3, -0.25) is 4.90 Å². The number of aliphatic hydroxyl groups is 1. The molecule has 0 aliphatic carbocycles. The highest BCUT2D eigenvalue weighted by molar-refractivity contribution is 7.90. The van der Waals surface area contributed by atoms with E-state index in [0.717, 1.165) is 6.92 Å². The fourth-order valence-corrected chi connectivity index (χ4v) is 7.12. The first kappa shape index (κ1) is 29.2. The molecule has 2 fully saturated rings. The zero-order chi connectivity index (χ0) is 27.9. The maximum atomic E-state index is 13.5. The molecule has 210 valence electrons. The third-order valence-electron chi connectivity index (χ3n) is 7.22. The summed E-state index contributed by atoms with van der Waals surface area (Å²) in [5.41, 5.74) is -2.92. The van der Waals surface area contributed by atoms with Gasteiger partial charge in [0.25, 0.3) is 0 Å². The molecule has 0 radical (unpaired) electrons. The number of hydrogen-bond donors (Lipinski definition) is 2. The third-order valence-corrected chi connectivity index (χ3v) is 9.68. The van der Waals surface area contributed by atoms with Crippen LogP contribution in [0.3, 0.4) is 0 Å². The van der Waals surface area contributed by atoms with E-state index in [9.17, 15) is 26.7 Å². The summed E-state index contributed by atoms with van der Waals surface area (Å²) in [6, 6.07) is 11.9. The van der Waals surface area contributed by atoms with Gasteiger partial charge in [-0.05, 0) is 50.6 Å². The summed E-state index contributed by atoms with van der Waals surface area (Å²) in [6.45, 7) is 7.94. The van der Waals surface area contributed by atoms with E-state index in [0.29, 0.717) is 43.4 Å². The molecular weight excluding hydrogens is 539 g/mol. The van der Waals surface area contributed by atoms with E-state index in [2.05, 4.69) is 17.5 Å². The van der Waals surface area contributed by atoms with Crippen LogP contribution in [0.5, 0.6) is 0 Å². The third kappa shape index (κ3) is 6.00. The van der Waals surface area contributed by atoms with E-state index < -0.39 is 21.8 Å². The number of nitrogens with zero attached hydrogens (tertiary/aromatic N) is 3. The Morgan fingerprint density at radius 2 is 1.74 bits per heavy atom. The molecule has 2 aromatic carbocycles. The summed E-state index contributed by atoms with van der Waals surface area (Å²) < 4.78 is 74.4. The van der Waals surface area contributed by atoms with Gasteiger partial charge in [0.1, 0.15) is 0 Å². The Kier molecular flexibility index (Phi) is 8.15. The maximum absolute atomic E-state index is 13.5. The first-order valence-electron chi connectivity index (χ1n) is 12.4. The molecule has 2 saturated heterocycles. The van der Waals surface area contributed by atoms with Crippen molar-refractivity contribution < 1.29 is 31.4 Å². The number of alkyl halides is 3. The van der Waals surface area contributed by atoms with Gasteiger partial charge >= 0.3 is 6.18 Å². The van der Waals surface area contributed by atoms with Gasteiger partial charge in [-0.1, -0.05) is 24.3 Å². The molecule has 7 nitrogen and oxygen atoms in total. The molecule has 2 aliphatic rings. The lowest BCUT2D eigenvalue weighted by atomic mass is 9.95. The Morgan fingerprint density at radius 1 is 1.08 bits per heavy atom. The van der Waals surface area contributed by atoms with Crippen molar-refractivity contribution in [1.82, 2.24) is 9.21 Å². The number of benzene rings is 2. The lowest BCUT2D eigenvalue weighted by molar-refractivity contribution is -0.258. The predicted molar refractivity (Wildman–Crippen MR) is 142 cm³/mol. The average molecular weight is 574 g/mol. The van der Waals surface area contributed by atoms with Gasteiger partial charge in [-0.25, -0.2) is 8.42 Å². The molecular formula is C26H34F3N3O4S2. The zero-order valence-electron chi connectivity index (χ0n) is 21.6. The van der Waals surface area contributed by atoms with Crippen molar-refractivity contribution in [2.24, 2.45) is 0 Å². The summed E-state index contributed by atoms with van der Waals surface area (Å²) in [6.07, 6.45) is -4.82. The van der Waals surface area contributed by atoms with Gasteiger partial charge in [0.05, 0.1) is 23.1 Å². The Morgan fingerprint density at radius 3 is 2.34 bits per heavy atom. The van der Waals surface area contributed by atoms with Crippen LogP contribution < -0.4 is 4.90 Å². The lowest BCUT2D eigenvalue weighted by Crippen LogP contribution is -2.60. The number of hydrogen-bond acceptors (Lipinski definition) is 7. The number of piperazine rings is 1. The fraction of sp³-hybridized carbons (Fsp3) is 0.538. The average Bonchev–Trinajstić information content (AvgIpc) is 2.83. The molecule has 4 rings (SSSR count). The Hall–Kier alpha value is -1.83. The van der Waals surface area contributed by atoms with Gasteiger partial charge in [0, 0.05) is 49.9 Å². The van der Waals surface area contributed by atoms with Crippen LogP contribution in [0.4, 0.5) is 18.9 Å². The largest absolute Gasteiger partial charge is 0.421 e. The molecule has 2 aliphatic heterocycles. The molecule has 12 heteroatoms. The Bertz CT molecular complexity index is 1240. The van der Waals surface area contributed by atoms with Gasteiger partial charge in [0.15, 0.2) is 5.60 Å². The molecule has 0 amide bonds. The van der Waals surface area contributed by atoms with Crippen molar-refractivity contribution in [1.29, 1.82) is 0 Å². The molecule has 1 N–H and O–H groups in total. The molecule has 0 unspecified atom stereocenters. The highest BCUT2D eigenvalue weighted by atomic mass is 32.2. The topological polar surface area (TPSA) is 73.3 Å². The van der Waals surface area contributed by atoms with E-state index in [-0.39, 0.29) is 35.2 Å². The van der Waals surface area contributed by atoms with Crippen LogP contribution in [0.25, 0.3) is 0 Å². The highest BCUT2D eigenvalue weighted by Crippen LogP contribution is 2.39. The van der Waals surface area contributed by atoms with E-state index in [1.54, 1.807) is 30.3 Å². The molecule has 0 aromatic heterocycles. The van der Waals surface area contributed by atoms with Crippen molar-refractivity contribution in [2.75, 3.05) is 50.8 Å². The second-order valence-electron chi connectivity index (χ2n) is 10.6. The van der Waals surface area contributed by atoms with Crippen molar-refractivity contribution in [3.8, 4) is 0 Å². The molecule has 0 spiro atoms. The zero-order valence-corrected chi connectivity index (χ0v) is 23.4. The van der Waals surface area contributed by atoms with Crippen LogP contribution in [0, 0.1) is 0 Å². The van der Waals surface area contributed by atoms with Crippen LogP contribution in [-0.2, 0) is 20.4 Å². The monoisotopic (exact) mass is 573 g/mol. The lowest BCUT2D eigenvalue weighted by Gasteiger charge is -2.46. The van der Waals surface area contributed by atoms with Gasteiger partial charge in [0.2, 0.25) is 10.0 Å². The van der Waals surface area contributed by atoms with Crippen LogP contribution >= 0.6 is 12.6 Å². The van der Waals surface area contributed by atoms with E-state index in [1.165, 1.54) is 22.5 Å². The number of anilines is 1. The highest BCUT2D eigenvalue weighted by Gasteiger charge is 2.51. The summed E-state index contributed by atoms with van der Waals surface area (Å²) in [5.74, 6) is 0. The number of sulfonamides is 1. The quantitative estimate of drug-likeness (QED) is 0.514. The molecule has 38 heavy (non-hydrogen) atoms. The summed E-state index contributed by atoms with van der Waals surface area (Å²) in [5, 5.41) is 10.1. The van der Waals surface area contributed by atoms with Crippen LogP contribution in [-0.4, -0.2) is 86.4 Å². The smallest absolute Gasteiger partial charge is 0.376 e. The molecule has 0 bridgehead atoms. The minimum absolute atomic E-state index is 0.141. The Balaban J connectivity index is 1.62. The first-order valence-corrected chi connectivity index (χ1v) is 14.3. The number of ether oxygens (including phenoxy) is 1. The molecule has 0 saturated carbocycles. The van der Waals surface area contributed by atoms with Crippen LogP contribution in [0.15, 0.2) is 58.3 Å². The molecule has 2 aromatic rings. The van der Waals surface area contributed by atoms with Crippen molar-refractivity contribution in [3.63, 3.8) is 0 Å². The normalized spacial score (nSPS) is 23.3. The molecule has 2 atom stereocenters. The van der Waals surface area contributed by atoms with Crippen LogP contribution in [0.1, 0.15) is 26.3 Å². The van der Waals surface area contributed by atoms with Crippen molar-refractivity contribution in [3.05, 3.63) is 54.1 Å². The van der Waals surface area contributed by atoms with Crippen molar-refractivity contribution in [2.45, 2.75) is 54.0 Å². The van der Waals surface area contributed by atoms with Crippen molar-refractivity contribution >= 4 is 28.3 Å². The minimum Gasteiger partial charge on any atom is -0.376 e. The van der Waals surface area contributed by atoms with Gasteiger partial charge in [-0.15, -0.1) is 12.6 Å². The van der Waals surface area contributed by atoms with Gasteiger partial charge in [-0.2, -0.15) is 17.5 Å². The molecule has 2 heterocycles. The summed E-state index contributed by atoms with van der Waals surface area (Å²) in [4.78, 5) is 4.77. The van der Waals surface area contributed by atoms with E-state index in [4.69, 9.17) is 4.74 Å². The Labute approximate surface area is 227 Å². The van der Waals surface area contributed by atoms with Gasteiger partial charge < -0.3 is 14.7 Å². The van der Waals surface area contributed by atoms with Crippen LogP contribution in [0.2, 0.25) is 0 Å². The van der Waals surface area contributed by atoms with E-state index in [1.807, 2.05) is 18.7 Å². The fourth-order valence-electron chi connectivity index (χ4n) is 5.06. The number of halogens is 3. The SMILES string of the molecule is CC1(C)CN(C[C@@H]2CN(S(=O)(=O)c3ccccc3S)CCN2c2ccc([C@](C)(O)C(F)(F)F)cc2)CCO1. The van der Waals surface area contributed by atoms with E-state index >= 15 is 0 Å². The number of rotatable bonds is 6. The number of morpholine rings is 1. The first-order chi connectivity index (χ1) is 17.6. The second-order valence-corrected chi connectivity index (χ2v) is 13.0. The summed E-state index contributed by atoms with van der Waals surface area (Å²) in [7, 11) is -3.81. The minimum atomic E-state index is -4.82.